The summed E-state index contributed by atoms with van der Waals surface area (Å²) in [5, 5.41) is 4.60. The second kappa shape index (κ2) is 10.7. The van der Waals surface area contributed by atoms with E-state index >= 15 is 0 Å². The van der Waals surface area contributed by atoms with Crippen LogP contribution < -0.4 is 5.32 Å². The van der Waals surface area contributed by atoms with Crippen molar-refractivity contribution >= 4 is 38.9 Å². The molecule has 1 aromatic heterocycles. The van der Waals surface area contributed by atoms with E-state index in [1.165, 1.54) is 33.4 Å². The molecule has 1 aliphatic heterocycles. The molecule has 0 unspecified atom stereocenters. The molecule has 2 aromatic rings. The van der Waals surface area contributed by atoms with Crippen LogP contribution in [0.2, 0.25) is 0 Å². The lowest BCUT2D eigenvalue weighted by atomic mass is 10.2. The van der Waals surface area contributed by atoms with Gasteiger partial charge >= 0.3 is 5.97 Å². The monoisotopic (exact) mass is 450 g/mol. The standard InChI is InChI=1S/C21H26N2O5S2/c24-20(16-28-21(25)8-4-6-18-7-5-15-29-18)22-17-9-11-19(12-10-17)30(26,27)23-13-2-1-3-14-23/h5,7,9-12,15H,1-4,6,8,13-14,16H2,(H,22,24). The molecule has 7 nitrogen and oxygen atoms in total. The van der Waals surface area contributed by atoms with Crippen LogP contribution in [0.5, 0.6) is 0 Å². The fourth-order valence-electron chi connectivity index (χ4n) is 3.24. The Labute approximate surface area is 181 Å². The van der Waals surface area contributed by atoms with Crippen molar-refractivity contribution in [3.05, 3.63) is 46.7 Å². The zero-order chi connectivity index (χ0) is 21.4. The van der Waals surface area contributed by atoms with Gasteiger partial charge in [0.15, 0.2) is 6.61 Å². The van der Waals surface area contributed by atoms with E-state index in [1.807, 2.05) is 17.5 Å². The maximum atomic E-state index is 12.6. The number of benzene rings is 1. The van der Waals surface area contributed by atoms with Crippen molar-refractivity contribution in [1.29, 1.82) is 0 Å². The Morgan fingerprint density at radius 2 is 1.80 bits per heavy atom. The number of hydrogen-bond acceptors (Lipinski definition) is 6. The van der Waals surface area contributed by atoms with Gasteiger partial charge in [-0.15, -0.1) is 11.3 Å². The van der Waals surface area contributed by atoms with Crippen LogP contribution in [0.25, 0.3) is 0 Å². The smallest absolute Gasteiger partial charge is 0.306 e. The van der Waals surface area contributed by atoms with Gasteiger partial charge in [0.05, 0.1) is 4.90 Å². The van der Waals surface area contributed by atoms with Crippen LogP contribution in [-0.2, 0) is 30.8 Å². The first-order valence-corrected chi connectivity index (χ1v) is 12.4. The Kier molecular flexibility index (Phi) is 8.01. The van der Waals surface area contributed by atoms with Crippen LogP contribution in [0, 0.1) is 0 Å². The third-order valence-electron chi connectivity index (χ3n) is 4.84. The molecule has 0 aliphatic carbocycles. The van der Waals surface area contributed by atoms with Crippen LogP contribution in [0.4, 0.5) is 5.69 Å². The number of hydrogen-bond donors (Lipinski definition) is 1. The van der Waals surface area contributed by atoms with Gasteiger partial charge < -0.3 is 10.1 Å². The topological polar surface area (TPSA) is 92.8 Å². The van der Waals surface area contributed by atoms with Crippen molar-refractivity contribution in [2.45, 2.75) is 43.4 Å². The normalized spacial score (nSPS) is 14.9. The number of carbonyl (C=O) groups is 2. The summed E-state index contributed by atoms with van der Waals surface area (Å²) in [6.45, 7) is 0.713. The predicted octanol–water partition coefficient (Wildman–Crippen LogP) is 3.43. The van der Waals surface area contributed by atoms with E-state index in [9.17, 15) is 18.0 Å². The van der Waals surface area contributed by atoms with E-state index in [2.05, 4.69) is 5.32 Å². The Balaban J connectivity index is 1.42. The van der Waals surface area contributed by atoms with E-state index in [0.29, 0.717) is 25.2 Å². The number of thiophene rings is 1. The molecule has 1 amide bonds. The lowest BCUT2D eigenvalue weighted by molar-refractivity contribution is -0.147. The summed E-state index contributed by atoms with van der Waals surface area (Å²) >= 11 is 1.65. The summed E-state index contributed by atoms with van der Waals surface area (Å²) in [4.78, 5) is 25.2. The van der Waals surface area contributed by atoms with E-state index < -0.39 is 21.9 Å². The number of nitrogens with zero attached hydrogens (tertiary/aromatic N) is 1. The molecule has 9 heteroatoms. The van der Waals surface area contributed by atoms with Crippen LogP contribution in [0.15, 0.2) is 46.7 Å². The molecule has 1 fully saturated rings. The second-order valence-corrected chi connectivity index (χ2v) is 10.1. The van der Waals surface area contributed by atoms with Crippen molar-refractivity contribution in [1.82, 2.24) is 4.31 Å². The average Bonchev–Trinajstić information content (AvgIpc) is 3.27. The van der Waals surface area contributed by atoms with Crippen LogP contribution in [-0.4, -0.2) is 44.3 Å². The number of nitrogens with one attached hydrogen (secondary N) is 1. The van der Waals surface area contributed by atoms with Gasteiger partial charge in [-0.1, -0.05) is 12.5 Å². The van der Waals surface area contributed by atoms with E-state index in [-0.39, 0.29) is 17.9 Å². The van der Waals surface area contributed by atoms with Gasteiger partial charge in [-0.3, -0.25) is 9.59 Å². The summed E-state index contributed by atoms with van der Waals surface area (Å²) in [5.74, 6) is -0.877. The van der Waals surface area contributed by atoms with E-state index in [4.69, 9.17) is 4.74 Å². The Morgan fingerprint density at radius 1 is 1.07 bits per heavy atom. The summed E-state index contributed by atoms with van der Waals surface area (Å²) in [7, 11) is -3.50. The Morgan fingerprint density at radius 3 is 2.47 bits per heavy atom. The molecule has 1 N–H and O–H groups in total. The first kappa shape index (κ1) is 22.5. The number of aryl methyl sites for hydroxylation is 1. The van der Waals surface area contributed by atoms with Gasteiger partial charge in [0, 0.05) is 30.1 Å². The molecule has 1 aliphatic rings. The molecule has 0 atom stereocenters. The molecule has 3 rings (SSSR count). The molecular formula is C21H26N2O5S2. The Bertz CT molecular complexity index is 934. The number of esters is 1. The van der Waals surface area contributed by atoms with Crippen LogP contribution in [0.1, 0.15) is 37.0 Å². The highest BCUT2D eigenvalue weighted by Gasteiger charge is 2.25. The molecule has 0 spiro atoms. The zero-order valence-electron chi connectivity index (χ0n) is 16.7. The number of sulfonamides is 1. The summed E-state index contributed by atoms with van der Waals surface area (Å²) < 4.78 is 31.8. The molecule has 30 heavy (non-hydrogen) atoms. The van der Waals surface area contributed by atoms with Crippen molar-refractivity contribution in [3.63, 3.8) is 0 Å². The molecule has 162 valence electrons. The number of ether oxygens (including phenoxy) is 1. The third-order valence-corrected chi connectivity index (χ3v) is 7.69. The van der Waals surface area contributed by atoms with Gasteiger partial charge in [0.25, 0.3) is 5.91 Å². The van der Waals surface area contributed by atoms with Gasteiger partial charge in [-0.05, 0) is 61.4 Å². The lowest BCUT2D eigenvalue weighted by Crippen LogP contribution is -2.35. The van der Waals surface area contributed by atoms with Crippen LogP contribution in [0.3, 0.4) is 0 Å². The summed E-state index contributed by atoms with van der Waals surface area (Å²) in [6.07, 6.45) is 4.55. The molecule has 0 saturated carbocycles. The SMILES string of the molecule is O=C(COC(=O)CCCc1cccs1)Nc1ccc(S(=O)(=O)N2CCCCC2)cc1. The number of carbonyl (C=O) groups excluding carboxylic acids is 2. The summed E-state index contributed by atoms with van der Waals surface area (Å²) in [5.41, 5.74) is 0.450. The Hall–Kier alpha value is -2.23. The second-order valence-electron chi connectivity index (χ2n) is 7.13. The largest absolute Gasteiger partial charge is 0.456 e. The van der Waals surface area contributed by atoms with Crippen molar-refractivity contribution in [2.24, 2.45) is 0 Å². The minimum Gasteiger partial charge on any atom is -0.456 e. The molecule has 1 saturated heterocycles. The average molecular weight is 451 g/mol. The number of amides is 1. The predicted molar refractivity (Wildman–Crippen MR) is 116 cm³/mol. The zero-order valence-corrected chi connectivity index (χ0v) is 18.3. The minimum absolute atomic E-state index is 0.208. The number of rotatable bonds is 9. The fraction of sp³-hybridized carbons (Fsp3) is 0.429. The molecular weight excluding hydrogens is 424 g/mol. The molecule has 2 heterocycles. The minimum atomic E-state index is -3.50. The highest BCUT2D eigenvalue weighted by atomic mass is 32.2. The molecule has 0 radical (unpaired) electrons. The van der Waals surface area contributed by atoms with Gasteiger partial charge in [-0.2, -0.15) is 4.31 Å². The fourth-order valence-corrected chi connectivity index (χ4v) is 5.51. The number of anilines is 1. The van der Waals surface area contributed by atoms with Crippen molar-refractivity contribution < 1.29 is 22.7 Å². The van der Waals surface area contributed by atoms with Crippen molar-refractivity contribution in [3.8, 4) is 0 Å². The van der Waals surface area contributed by atoms with E-state index in [0.717, 1.165) is 25.7 Å². The molecule has 0 bridgehead atoms. The van der Waals surface area contributed by atoms with Gasteiger partial charge in [-0.25, -0.2) is 8.42 Å². The summed E-state index contributed by atoms with van der Waals surface area (Å²) in [6, 6.07) is 10.0. The first-order valence-electron chi connectivity index (χ1n) is 10.0. The molecule has 1 aromatic carbocycles. The van der Waals surface area contributed by atoms with E-state index in [1.54, 1.807) is 11.3 Å². The highest BCUT2D eigenvalue weighted by molar-refractivity contribution is 7.89. The lowest BCUT2D eigenvalue weighted by Gasteiger charge is -2.25. The van der Waals surface area contributed by atoms with Crippen molar-refractivity contribution in [2.75, 3.05) is 25.0 Å². The maximum absolute atomic E-state index is 12.6. The first-order chi connectivity index (χ1) is 14.4. The van der Waals surface area contributed by atoms with Crippen LogP contribution >= 0.6 is 11.3 Å². The quantitative estimate of drug-likeness (QED) is 0.591. The van der Waals surface area contributed by atoms with Gasteiger partial charge in [0.1, 0.15) is 0 Å². The third kappa shape index (κ3) is 6.38. The van der Waals surface area contributed by atoms with Gasteiger partial charge in [0.2, 0.25) is 10.0 Å². The highest BCUT2D eigenvalue weighted by Crippen LogP contribution is 2.22. The number of piperidine rings is 1. The maximum Gasteiger partial charge on any atom is 0.306 e.